The summed E-state index contributed by atoms with van der Waals surface area (Å²) in [5.41, 5.74) is 2.03. The maximum Gasteiger partial charge on any atom is 0.336 e. The smallest absolute Gasteiger partial charge is 0.336 e. The molecule has 0 spiro atoms. The second kappa shape index (κ2) is 5.28. The van der Waals surface area contributed by atoms with Crippen LogP contribution in [0.5, 0.6) is 5.75 Å². The van der Waals surface area contributed by atoms with Crippen molar-refractivity contribution in [2.75, 3.05) is 7.11 Å². The van der Waals surface area contributed by atoms with Crippen molar-refractivity contribution in [1.29, 1.82) is 0 Å². The van der Waals surface area contributed by atoms with Crippen molar-refractivity contribution >= 4 is 16.9 Å². The topological polar surface area (TPSA) is 64.3 Å². The molecule has 0 aliphatic heterocycles. The predicted molar refractivity (Wildman–Crippen MR) is 78.8 cm³/mol. The van der Waals surface area contributed by atoms with E-state index in [1.165, 1.54) is 0 Å². The predicted octanol–water partition coefficient (Wildman–Crippen LogP) is 2.79. The van der Waals surface area contributed by atoms with E-state index in [9.17, 15) is 9.90 Å². The van der Waals surface area contributed by atoms with Gasteiger partial charge in [-0.25, -0.2) is 4.79 Å². The molecule has 0 saturated heterocycles. The lowest BCUT2D eigenvalue weighted by Gasteiger charge is -2.03. The molecule has 0 aliphatic rings. The molecule has 5 nitrogen and oxygen atoms in total. The Bertz CT molecular complexity index is 791. The molecule has 0 aliphatic carbocycles. The van der Waals surface area contributed by atoms with Gasteiger partial charge in [0, 0.05) is 11.6 Å². The van der Waals surface area contributed by atoms with Gasteiger partial charge in [0.05, 0.1) is 24.7 Å². The molecular weight excluding hydrogens is 268 g/mol. The van der Waals surface area contributed by atoms with Crippen LogP contribution in [-0.2, 0) is 6.54 Å². The summed E-state index contributed by atoms with van der Waals surface area (Å²) >= 11 is 0. The number of methoxy groups -OCH3 is 1. The quantitative estimate of drug-likeness (QED) is 0.799. The van der Waals surface area contributed by atoms with Crippen LogP contribution in [0.15, 0.2) is 48.7 Å². The Morgan fingerprint density at radius 3 is 2.67 bits per heavy atom. The molecule has 106 valence electrons. The van der Waals surface area contributed by atoms with Crippen LogP contribution in [0.4, 0.5) is 0 Å². The van der Waals surface area contributed by atoms with Crippen LogP contribution in [0.2, 0.25) is 0 Å². The number of aromatic nitrogens is 2. The fraction of sp³-hybridized carbons (Fsp3) is 0.125. The van der Waals surface area contributed by atoms with Gasteiger partial charge in [-0.15, -0.1) is 0 Å². The van der Waals surface area contributed by atoms with Crippen LogP contribution in [0.1, 0.15) is 15.9 Å². The maximum atomic E-state index is 11.2. The summed E-state index contributed by atoms with van der Waals surface area (Å²) in [6.45, 7) is 0.581. The molecule has 3 aromatic rings. The fourth-order valence-corrected chi connectivity index (χ4v) is 2.28. The lowest BCUT2D eigenvalue weighted by Crippen LogP contribution is -1.99. The Labute approximate surface area is 121 Å². The molecule has 0 bridgehead atoms. The molecule has 1 N–H and O–H groups in total. The average Bonchev–Trinajstić information content (AvgIpc) is 2.89. The zero-order valence-electron chi connectivity index (χ0n) is 11.5. The van der Waals surface area contributed by atoms with Crippen LogP contribution in [0, 0.1) is 0 Å². The van der Waals surface area contributed by atoms with Crippen LogP contribution in [0.25, 0.3) is 10.9 Å². The molecule has 0 unspecified atom stereocenters. The van der Waals surface area contributed by atoms with Gasteiger partial charge < -0.3 is 9.84 Å². The Balaban J connectivity index is 1.93. The van der Waals surface area contributed by atoms with Gasteiger partial charge in [-0.1, -0.05) is 18.2 Å². The number of rotatable bonds is 4. The van der Waals surface area contributed by atoms with Crippen molar-refractivity contribution in [3.8, 4) is 5.75 Å². The van der Waals surface area contributed by atoms with E-state index in [1.807, 2.05) is 30.3 Å². The number of ether oxygens (including phenoxy) is 1. The highest BCUT2D eigenvalue weighted by Gasteiger charge is 2.11. The van der Waals surface area contributed by atoms with Crippen LogP contribution < -0.4 is 4.74 Å². The van der Waals surface area contributed by atoms with E-state index in [0.29, 0.717) is 17.4 Å². The molecule has 0 atom stereocenters. The van der Waals surface area contributed by atoms with Crippen molar-refractivity contribution in [1.82, 2.24) is 9.78 Å². The van der Waals surface area contributed by atoms with Crippen LogP contribution in [0.3, 0.4) is 0 Å². The summed E-state index contributed by atoms with van der Waals surface area (Å²) in [5.74, 6) is -0.137. The van der Waals surface area contributed by atoms with Gasteiger partial charge in [-0.2, -0.15) is 5.10 Å². The van der Waals surface area contributed by atoms with Gasteiger partial charge in [0.1, 0.15) is 5.75 Å². The van der Waals surface area contributed by atoms with Gasteiger partial charge >= 0.3 is 5.97 Å². The fourth-order valence-electron chi connectivity index (χ4n) is 2.28. The number of carbonyl (C=O) groups is 1. The first-order valence-electron chi connectivity index (χ1n) is 6.50. The van der Waals surface area contributed by atoms with Gasteiger partial charge in [-0.3, -0.25) is 4.68 Å². The molecule has 0 fully saturated rings. The third-order valence-corrected chi connectivity index (χ3v) is 3.33. The van der Waals surface area contributed by atoms with Crippen LogP contribution >= 0.6 is 0 Å². The number of hydrogen-bond acceptors (Lipinski definition) is 3. The van der Waals surface area contributed by atoms with Gasteiger partial charge in [-0.05, 0) is 29.8 Å². The zero-order valence-corrected chi connectivity index (χ0v) is 11.5. The zero-order chi connectivity index (χ0) is 14.8. The second-order valence-electron chi connectivity index (χ2n) is 4.72. The van der Waals surface area contributed by atoms with Crippen molar-refractivity contribution in [3.63, 3.8) is 0 Å². The first-order valence-corrected chi connectivity index (χ1v) is 6.50. The van der Waals surface area contributed by atoms with Crippen LogP contribution in [-0.4, -0.2) is 28.0 Å². The number of benzene rings is 2. The number of nitrogens with zero attached hydrogens (tertiary/aromatic N) is 2. The number of carboxylic acid groups (broad SMARTS) is 1. The number of fused-ring (bicyclic) bond motifs is 1. The molecule has 0 amide bonds. The minimum absolute atomic E-state index is 0.272. The first kappa shape index (κ1) is 13.2. The molecular formula is C16H14N2O3. The number of carboxylic acids is 1. The van der Waals surface area contributed by atoms with E-state index in [4.69, 9.17) is 4.74 Å². The van der Waals surface area contributed by atoms with E-state index < -0.39 is 5.97 Å². The Kier molecular flexibility index (Phi) is 3.31. The third kappa shape index (κ3) is 2.58. The van der Waals surface area contributed by atoms with Crippen molar-refractivity contribution in [3.05, 3.63) is 59.8 Å². The molecule has 2 aromatic carbocycles. The van der Waals surface area contributed by atoms with Gasteiger partial charge in [0.25, 0.3) is 0 Å². The minimum atomic E-state index is -0.940. The molecule has 0 radical (unpaired) electrons. The number of hydrogen-bond donors (Lipinski definition) is 1. The SMILES string of the molecule is COc1ccc(Cn2cc3c(C(=O)O)cccc3n2)cc1. The largest absolute Gasteiger partial charge is 0.497 e. The van der Waals surface area contributed by atoms with E-state index in [-0.39, 0.29) is 5.56 Å². The standard InChI is InChI=1S/C16H14N2O3/c1-21-12-7-5-11(6-8-12)9-18-10-14-13(16(19)20)3-2-4-15(14)17-18/h2-8,10H,9H2,1H3,(H,19,20). The molecule has 21 heavy (non-hydrogen) atoms. The summed E-state index contributed by atoms with van der Waals surface area (Å²) in [4.78, 5) is 11.2. The molecule has 0 saturated carbocycles. The molecule has 5 heteroatoms. The second-order valence-corrected chi connectivity index (χ2v) is 4.72. The molecule has 3 rings (SSSR count). The summed E-state index contributed by atoms with van der Waals surface area (Å²) < 4.78 is 6.87. The highest BCUT2D eigenvalue weighted by Crippen LogP contribution is 2.19. The molecule has 1 aromatic heterocycles. The Morgan fingerprint density at radius 2 is 2.00 bits per heavy atom. The van der Waals surface area contributed by atoms with Crippen molar-refractivity contribution in [2.45, 2.75) is 6.54 Å². The summed E-state index contributed by atoms with van der Waals surface area (Å²) in [6.07, 6.45) is 1.77. The lowest BCUT2D eigenvalue weighted by molar-refractivity contribution is 0.0699. The van der Waals surface area contributed by atoms with E-state index in [0.717, 1.165) is 11.3 Å². The average molecular weight is 282 g/mol. The monoisotopic (exact) mass is 282 g/mol. The minimum Gasteiger partial charge on any atom is -0.497 e. The Morgan fingerprint density at radius 1 is 1.24 bits per heavy atom. The van der Waals surface area contributed by atoms with E-state index in [1.54, 1.807) is 30.1 Å². The third-order valence-electron chi connectivity index (χ3n) is 3.33. The lowest BCUT2D eigenvalue weighted by atomic mass is 10.1. The summed E-state index contributed by atoms with van der Waals surface area (Å²) in [7, 11) is 1.63. The van der Waals surface area contributed by atoms with E-state index in [2.05, 4.69) is 5.10 Å². The number of aromatic carboxylic acids is 1. The highest BCUT2D eigenvalue weighted by molar-refractivity contribution is 6.02. The van der Waals surface area contributed by atoms with Crippen molar-refractivity contribution in [2.24, 2.45) is 0 Å². The highest BCUT2D eigenvalue weighted by atomic mass is 16.5. The summed E-state index contributed by atoms with van der Waals surface area (Å²) in [6, 6.07) is 12.8. The summed E-state index contributed by atoms with van der Waals surface area (Å²) in [5, 5.41) is 14.3. The maximum absolute atomic E-state index is 11.2. The normalized spacial score (nSPS) is 10.7. The molecule has 1 heterocycles. The Hall–Kier alpha value is -2.82. The van der Waals surface area contributed by atoms with E-state index >= 15 is 0 Å². The van der Waals surface area contributed by atoms with Gasteiger partial charge in [0.2, 0.25) is 0 Å². The first-order chi connectivity index (χ1) is 10.2. The van der Waals surface area contributed by atoms with Gasteiger partial charge in [0.15, 0.2) is 0 Å². The van der Waals surface area contributed by atoms with Crippen molar-refractivity contribution < 1.29 is 14.6 Å².